The maximum Gasteiger partial charge on any atom is 0.134 e. The first-order valence-corrected chi connectivity index (χ1v) is 4.67. The summed E-state index contributed by atoms with van der Waals surface area (Å²) in [6.07, 6.45) is 0. The average molecular weight is 174 g/mol. The molecular weight excluding hydrogens is 160 g/mol. The van der Waals surface area contributed by atoms with Crippen molar-refractivity contribution in [1.29, 1.82) is 0 Å². The van der Waals surface area contributed by atoms with E-state index in [2.05, 4.69) is 32.0 Å². The molecule has 1 aromatic carbocycles. The van der Waals surface area contributed by atoms with Gasteiger partial charge in [0.2, 0.25) is 0 Å². The molecule has 0 atom stereocenters. The van der Waals surface area contributed by atoms with Crippen LogP contribution in [0, 0.1) is 6.92 Å². The fourth-order valence-electron chi connectivity index (χ4n) is 1.71. The normalized spacial score (nSPS) is 11.4. The molecule has 0 unspecified atom stereocenters. The molecule has 0 saturated carbocycles. The molecule has 0 radical (unpaired) electrons. The number of fused-ring (bicyclic) bond motifs is 1. The number of benzene rings is 1. The lowest BCUT2D eigenvalue weighted by molar-refractivity contribution is 0.578. The highest BCUT2D eigenvalue weighted by Crippen LogP contribution is 2.27. The van der Waals surface area contributed by atoms with Crippen molar-refractivity contribution in [2.75, 3.05) is 0 Å². The van der Waals surface area contributed by atoms with E-state index in [0.29, 0.717) is 5.92 Å². The van der Waals surface area contributed by atoms with Crippen LogP contribution in [-0.2, 0) is 0 Å². The van der Waals surface area contributed by atoms with Crippen molar-refractivity contribution >= 4 is 11.0 Å². The van der Waals surface area contributed by atoms with Gasteiger partial charge in [0.15, 0.2) is 0 Å². The van der Waals surface area contributed by atoms with E-state index in [0.717, 1.165) is 11.3 Å². The van der Waals surface area contributed by atoms with Crippen LogP contribution in [0.15, 0.2) is 28.7 Å². The minimum atomic E-state index is 0.556. The highest BCUT2D eigenvalue weighted by molar-refractivity contribution is 5.82. The lowest BCUT2D eigenvalue weighted by atomic mass is 9.99. The lowest BCUT2D eigenvalue weighted by Crippen LogP contribution is -1.86. The molecule has 1 heterocycles. The van der Waals surface area contributed by atoms with Crippen LogP contribution in [0.1, 0.15) is 31.1 Å². The van der Waals surface area contributed by atoms with Crippen LogP contribution in [0.2, 0.25) is 0 Å². The van der Waals surface area contributed by atoms with Crippen molar-refractivity contribution in [3.05, 3.63) is 35.6 Å². The molecule has 13 heavy (non-hydrogen) atoms. The van der Waals surface area contributed by atoms with Gasteiger partial charge >= 0.3 is 0 Å². The van der Waals surface area contributed by atoms with E-state index in [9.17, 15) is 0 Å². The number of rotatable bonds is 1. The molecule has 0 amide bonds. The molecule has 0 aliphatic heterocycles. The van der Waals surface area contributed by atoms with Gasteiger partial charge in [-0.2, -0.15) is 0 Å². The third-order valence-corrected chi connectivity index (χ3v) is 2.34. The van der Waals surface area contributed by atoms with Crippen molar-refractivity contribution in [2.45, 2.75) is 26.7 Å². The zero-order chi connectivity index (χ0) is 9.42. The molecule has 0 N–H and O–H groups in total. The van der Waals surface area contributed by atoms with Crippen LogP contribution in [0.25, 0.3) is 11.0 Å². The van der Waals surface area contributed by atoms with E-state index in [4.69, 9.17) is 4.42 Å². The van der Waals surface area contributed by atoms with E-state index >= 15 is 0 Å². The molecule has 0 fully saturated rings. The Bertz CT molecular complexity index is 424. The summed E-state index contributed by atoms with van der Waals surface area (Å²) < 4.78 is 5.56. The maximum absolute atomic E-state index is 5.56. The molecule has 2 rings (SSSR count). The second-order valence-electron chi connectivity index (χ2n) is 3.77. The monoisotopic (exact) mass is 174 g/mol. The van der Waals surface area contributed by atoms with Crippen LogP contribution in [0.3, 0.4) is 0 Å². The minimum Gasteiger partial charge on any atom is -0.461 e. The molecule has 1 aromatic heterocycles. The van der Waals surface area contributed by atoms with Crippen molar-refractivity contribution in [3.8, 4) is 0 Å². The predicted molar refractivity (Wildman–Crippen MR) is 55.0 cm³/mol. The van der Waals surface area contributed by atoms with Crippen molar-refractivity contribution in [3.63, 3.8) is 0 Å². The van der Waals surface area contributed by atoms with Crippen LogP contribution in [0.4, 0.5) is 0 Å². The second-order valence-corrected chi connectivity index (χ2v) is 3.77. The molecule has 0 saturated heterocycles. The first kappa shape index (κ1) is 8.36. The van der Waals surface area contributed by atoms with E-state index in [1.54, 1.807) is 0 Å². The van der Waals surface area contributed by atoms with Crippen molar-refractivity contribution in [2.24, 2.45) is 0 Å². The van der Waals surface area contributed by atoms with Crippen LogP contribution in [-0.4, -0.2) is 0 Å². The smallest absolute Gasteiger partial charge is 0.134 e. The van der Waals surface area contributed by atoms with Gasteiger partial charge in [-0.05, 0) is 30.5 Å². The van der Waals surface area contributed by atoms with Gasteiger partial charge in [-0.15, -0.1) is 0 Å². The van der Waals surface area contributed by atoms with Gasteiger partial charge in [0.05, 0.1) is 0 Å². The van der Waals surface area contributed by atoms with Crippen molar-refractivity contribution < 1.29 is 4.42 Å². The minimum absolute atomic E-state index is 0.556. The largest absolute Gasteiger partial charge is 0.461 e. The fourth-order valence-corrected chi connectivity index (χ4v) is 1.71. The summed E-state index contributed by atoms with van der Waals surface area (Å²) in [6, 6.07) is 8.36. The number of aryl methyl sites for hydroxylation is 1. The van der Waals surface area contributed by atoms with E-state index in [-0.39, 0.29) is 0 Å². The fraction of sp³-hybridized carbons (Fsp3) is 0.333. The Morgan fingerprint density at radius 3 is 2.69 bits per heavy atom. The first-order chi connectivity index (χ1) is 6.18. The summed E-state index contributed by atoms with van der Waals surface area (Å²) in [7, 11) is 0. The standard InChI is InChI=1S/C12H14O/c1-8(2)10-5-4-6-12-11(10)7-9(3)13-12/h4-8H,1-3H3. The molecule has 0 bridgehead atoms. The van der Waals surface area contributed by atoms with Gasteiger partial charge in [-0.1, -0.05) is 26.0 Å². The van der Waals surface area contributed by atoms with Crippen LogP contribution in [0.5, 0.6) is 0 Å². The Labute approximate surface area is 78.4 Å². The van der Waals surface area contributed by atoms with Gasteiger partial charge in [-0.3, -0.25) is 0 Å². The second kappa shape index (κ2) is 2.91. The molecule has 68 valence electrons. The summed E-state index contributed by atoms with van der Waals surface area (Å²) in [4.78, 5) is 0. The molecule has 1 nitrogen and oxygen atoms in total. The van der Waals surface area contributed by atoms with E-state index in [1.165, 1.54) is 10.9 Å². The van der Waals surface area contributed by atoms with Gasteiger partial charge < -0.3 is 4.42 Å². The molecule has 0 aliphatic carbocycles. The Morgan fingerprint density at radius 1 is 1.23 bits per heavy atom. The number of furan rings is 1. The zero-order valence-electron chi connectivity index (χ0n) is 8.29. The number of hydrogen-bond acceptors (Lipinski definition) is 1. The van der Waals surface area contributed by atoms with E-state index < -0.39 is 0 Å². The highest BCUT2D eigenvalue weighted by atomic mass is 16.3. The van der Waals surface area contributed by atoms with Gasteiger partial charge in [0.25, 0.3) is 0 Å². The van der Waals surface area contributed by atoms with Gasteiger partial charge in [0.1, 0.15) is 11.3 Å². The quantitative estimate of drug-likeness (QED) is 0.639. The van der Waals surface area contributed by atoms with Crippen molar-refractivity contribution in [1.82, 2.24) is 0 Å². The molecule has 0 aliphatic rings. The van der Waals surface area contributed by atoms with Crippen LogP contribution < -0.4 is 0 Å². The molecular formula is C12H14O. The van der Waals surface area contributed by atoms with E-state index in [1.807, 2.05) is 13.0 Å². The lowest BCUT2D eigenvalue weighted by Gasteiger charge is -2.04. The topological polar surface area (TPSA) is 13.1 Å². The summed E-state index contributed by atoms with van der Waals surface area (Å²) >= 11 is 0. The Balaban J connectivity index is 2.75. The van der Waals surface area contributed by atoms with Gasteiger partial charge in [0, 0.05) is 5.39 Å². The third kappa shape index (κ3) is 1.35. The molecule has 2 aromatic rings. The summed E-state index contributed by atoms with van der Waals surface area (Å²) in [5.74, 6) is 1.55. The Hall–Kier alpha value is -1.24. The maximum atomic E-state index is 5.56. The summed E-state index contributed by atoms with van der Waals surface area (Å²) in [5.41, 5.74) is 2.37. The first-order valence-electron chi connectivity index (χ1n) is 4.67. The summed E-state index contributed by atoms with van der Waals surface area (Å²) in [5, 5.41) is 1.26. The number of hydrogen-bond donors (Lipinski definition) is 0. The zero-order valence-corrected chi connectivity index (χ0v) is 8.29. The average Bonchev–Trinajstić information content (AvgIpc) is 2.43. The van der Waals surface area contributed by atoms with Crippen LogP contribution >= 0.6 is 0 Å². The third-order valence-electron chi connectivity index (χ3n) is 2.34. The molecule has 0 spiro atoms. The Morgan fingerprint density at radius 2 is 2.00 bits per heavy atom. The predicted octanol–water partition coefficient (Wildman–Crippen LogP) is 3.86. The summed E-state index contributed by atoms with van der Waals surface area (Å²) in [6.45, 7) is 6.40. The van der Waals surface area contributed by atoms with Gasteiger partial charge in [-0.25, -0.2) is 0 Å². The molecule has 1 heteroatoms. The Kier molecular flexibility index (Phi) is 1.87. The highest BCUT2D eigenvalue weighted by Gasteiger charge is 2.07. The SMILES string of the molecule is Cc1cc2c(C(C)C)cccc2o1.